The molecule has 0 fully saturated rings. The molecule has 1 aliphatic heterocycles. The van der Waals surface area contributed by atoms with Crippen molar-refractivity contribution < 1.29 is 4.21 Å². The van der Waals surface area contributed by atoms with Gasteiger partial charge in [-0.3, -0.25) is 4.21 Å². The van der Waals surface area contributed by atoms with Crippen LogP contribution in [0.4, 0.5) is 11.5 Å². The third-order valence-corrected chi connectivity index (χ3v) is 7.13. The number of hydrogen-bond acceptors (Lipinski definition) is 5. The van der Waals surface area contributed by atoms with Crippen molar-refractivity contribution in [2.45, 2.75) is 16.2 Å². The molecule has 0 bridgehead atoms. The summed E-state index contributed by atoms with van der Waals surface area (Å²) in [5, 5.41) is 4.34. The van der Waals surface area contributed by atoms with Gasteiger partial charge in [0.2, 0.25) is 0 Å². The zero-order chi connectivity index (χ0) is 16.0. The Morgan fingerprint density at radius 2 is 1.91 bits per heavy atom. The maximum atomic E-state index is 12.7. The molecule has 2 heterocycles. The quantitative estimate of drug-likeness (QED) is 0.626. The van der Waals surface area contributed by atoms with E-state index in [1.54, 1.807) is 6.33 Å². The molecule has 0 atom stereocenters. The summed E-state index contributed by atoms with van der Waals surface area (Å²) in [7, 11) is -2.24. The highest BCUT2D eigenvalue weighted by molar-refractivity contribution is 8.02. The topological polar surface area (TPSA) is 54.9 Å². The minimum atomic E-state index is -2.24. The lowest BCUT2D eigenvalue weighted by Crippen LogP contribution is -2.08. The summed E-state index contributed by atoms with van der Waals surface area (Å²) in [6, 6.07) is 11.7. The van der Waals surface area contributed by atoms with Crippen LogP contribution in [-0.4, -0.2) is 26.2 Å². The van der Waals surface area contributed by atoms with Crippen LogP contribution in [0.2, 0.25) is 0 Å². The number of aryl methyl sites for hydroxylation is 1. The Morgan fingerprint density at radius 3 is 2.70 bits per heavy atom. The molecule has 1 aliphatic rings. The highest BCUT2D eigenvalue weighted by atomic mass is 32.2. The Morgan fingerprint density at radius 1 is 1.13 bits per heavy atom. The predicted molar refractivity (Wildman–Crippen MR) is 98.8 cm³/mol. The number of fused-ring (bicyclic) bond motifs is 3. The van der Waals surface area contributed by atoms with Crippen LogP contribution in [0.15, 0.2) is 52.5 Å². The summed E-state index contributed by atoms with van der Waals surface area (Å²) >= 11 is 4.30. The summed E-state index contributed by atoms with van der Waals surface area (Å²) in [5.74, 6) is 1.49. The Hall–Kier alpha value is -1.92. The highest BCUT2D eigenvalue weighted by Crippen LogP contribution is 2.37. The number of benzene rings is 2. The van der Waals surface area contributed by atoms with E-state index in [0.717, 1.165) is 49.9 Å². The van der Waals surface area contributed by atoms with Crippen LogP contribution >= 0.6 is 12.6 Å². The predicted octanol–water partition coefficient (Wildman–Crippen LogP) is 3.22. The van der Waals surface area contributed by atoms with Crippen LogP contribution in [0.1, 0.15) is 5.56 Å². The zero-order valence-corrected chi connectivity index (χ0v) is 14.4. The van der Waals surface area contributed by atoms with E-state index >= 15 is 0 Å². The van der Waals surface area contributed by atoms with Crippen molar-refractivity contribution >= 4 is 45.0 Å². The van der Waals surface area contributed by atoms with Gasteiger partial charge < -0.3 is 5.32 Å². The molecule has 118 valence electrons. The van der Waals surface area contributed by atoms with Gasteiger partial charge in [-0.2, -0.15) is 0 Å². The maximum absolute atomic E-state index is 12.7. The molecule has 0 unspecified atom stereocenters. The average Bonchev–Trinajstić information content (AvgIpc) is 2.85. The number of nitrogens with one attached hydrogen (secondary N) is 1. The lowest BCUT2D eigenvalue weighted by molar-refractivity contribution is 0.677. The lowest BCUT2D eigenvalue weighted by atomic mass is 10.1. The second kappa shape index (κ2) is 5.32. The molecule has 6 heteroatoms. The molecule has 3 aromatic rings. The summed E-state index contributed by atoms with van der Waals surface area (Å²) in [6.45, 7) is 0. The SMILES string of the molecule is C[SH]1(=O)CCc2c1ccc1ncnc(Nc3ccc(S)cc3)c21. The Kier molecular flexibility index (Phi) is 3.39. The second-order valence-corrected chi connectivity index (χ2v) is 9.57. The van der Waals surface area contributed by atoms with Crippen LogP contribution in [0.3, 0.4) is 0 Å². The first-order chi connectivity index (χ1) is 11.0. The van der Waals surface area contributed by atoms with Gasteiger partial charge in [0.15, 0.2) is 0 Å². The average molecular weight is 343 g/mol. The molecule has 0 spiro atoms. The largest absolute Gasteiger partial charge is 0.340 e. The Balaban J connectivity index is 1.89. The van der Waals surface area contributed by atoms with Gasteiger partial charge in [-0.05, 0) is 54.6 Å². The normalized spacial score (nSPS) is 17.0. The van der Waals surface area contributed by atoms with Crippen molar-refractivity contribution in [3.05, 3.63) is 48.3 Å². The Labute approximate surface area is 141 Å². The minimum Gasteiger partial charge on any atom is -0.340 e. The van der Waals surface area contributed by atoms with Crippen molar-refractivity contribution in [3.8, 4) is 0 Å². The van der Waals surface area contributed by atoms with Crippen molar-refractivity contribution in [1.82, 2.24) is 9.97 Å². The number of thiol groups is 2. The van der Waals surface area contributed by atoms with E-state index in [-0.39, 0.29) is 0 Å². The molecule has 0 saturated heterocycles. The summed E-state index contributed by atoms with van der Waals surface area (Å²) in [6.07, 6.45) is 4.25. The first-order valence-corrected chi connectivity index (χ1v) is 10.2. The fourth-order valence-corrected chi connectivity index (χ4v) is 5.35. The molecule has 0 radical (unpaired) electrons. The lowest BCUT2D eigenvalue weighted by Gasteiger charge is -2.14. The molecule has 4 nitrogen and oxygen atoms in total. The maximum Gasteiger partial charge on any atom is 0.142 e. The van der Waals surface area contributed by atoms with E-state index in [1.165, 1.54) is 0 Å². The number of aromatic nitrogens is 2. The van der Waals surface area contributed by atoms with Gasteiger partial charge in [-0.25, -0.2) is 9.97 Å². The van der Waals surface area contributed by atoms with Gasteiger partial charge >= 0.3 is 0 Å². The first kappa shape index (κ1) is 14.7. The molecule has 1 N–H and O–H groups in total. The van der Waals surface area contributed by atoms with E-state index < -0.39 is 9.93 Å². The third-order valence-electron chi connectivity index (χ3n) is 4.31. The van der Waals surface area contributed by atoms with Gasteiger partial charge in [0, 0.05) is 26.6 Å². The fourth-order valence-electron chi connectivity index (χ4n) is 3.13. The number of hydrogen-bond donors (Lipinski definition) is 3. The fraction of sp³-hybridized carbons (Fsp3) is 0.176. The summed E-state index contributed by atoms with van der Waals surface area (Å²) < 4.78 is 12.7. The van der Waals surface area contributed by atoms with Crippen molar-refractivity contribution in [2.75, 3.05) is 17.3 Å². The van der Waals surface area contributed by atoms with Crippen LogP contribution in [0.5, 0.6) is 0 Å². The van der Waals surface area contributed by atoms with Crippen molar-refractivity contribution in [2.24, 2.45) is 0 Å². The van der Waals surface area contributed by atoms with Crippen molar-refractivity contribution in [3.63, 3.8) is 0 Å². The van der Waals surface area contributed by atoms with Gasteiger partial charge in [0.25, 0.3) is 0 Å². The van der Waals surface area contributed by atoms with Gasteiger partial charge in [0.05, 0.1) is 5.52 Å². The second-order valence-electron chi connectivity index (χ2n) is 5.93. The van der Waals surface area contributed by atoms with E-state index in [2.05, 4.69) is 27.9 Å². The zero-order valence-electron chi connectivity index (χ0n) is 12.7. The molecule has 23 heavy (non-hydrogen) atoms. The van der Waals surface area contributed by atoms with Gasteiger partial charge in [-0.15, -0.1) is 12.6 Å². The number of nitrogens with zero attached hydrogens (tertiary/aromatic N) is 2. The summed E-state index contributed by atoms with van der Waals surface area (Å²) in [4.78, 5) is 10.7. The van der Waals surface area contributed by atoms with E-state index in [9.17, 15) is 4.21 Å². The molecule has 4 rings (SSSR count). The standard InChI is InChI=1S/C17H17N3OS2/c1-23(21)9-8-13-15(23)7-6-14-16(13)17(19-10-18-14)20-11-2-4-12(22)5-3-11/h2-7,10,22-23H,8-9H2,1H3,(H,18,19,20). The molecular weight excluding hydrogens is 326 g/mol. The molecule has 2 aromatic carbocycles. The van der Waals surface area contributed by atoms with Crippen LogP contribution < -0.4 is 5.32 Å². The van der Waals surface area contributed by atoms with Crippen molar-refractivity contribution in [1.29, 1.82) is 0 Å². The molecule has 0 saturated carbocycles. The molecular formula is C17H17N3OS2. The van der Waals surface area contributed by atoms with Gasteiger partial charge in [-0.1, -0.05) is 9.93 Å². The van der Waals surface area contributed by atoms with Crippen LogP contribution in [-0.2, 0) is 16.4 Å². The Bertz CT molecular complexity index is 954. The first-order valence-electron chi connectivity index (χ1n) is 7.44. The minimum absolute atomic E-state index is 0.726. The van der Waals surface area contributed by atoms with Gasteiger partial charge in [0.1, 0.15) is 12.1 Å². The smallest absolute Gasteiger partial charge is 0.142 e. The van der Waals surface area contributed by atoms with E-state index in [0.29, 0.717) is 0 Å². The number of anilines is 2. The molecule has 1 aromatic heterocycles. The third kappa shape index (κ3) is 2.52. The number of rotatable bonds is 2. The molecule has 0 amide bonds. The van der Waals surface area contributed by atoms with E-state index in [1.807, 2.05) is 42.7 Å². The summed E-state index contributed by atoms with van der Waals surface area (Å²) in [5.41, 5.74) is 2.95. The highest BCUT2D eigenvalue weighted by Gasteiger charge is 2.27. The van der Waals surface area contributed by atoms with Crippen LogP contribution in [0, 0.1) is 0 Å². The van der Waals surface area contributed by atoms with Crippen LogP contribution in [0.25, 0.3) is 10.9 Å². The monoisotopic (exact) mass is 343 g/mol. The van der Waals surface area contributed by atoms with E-state index in [4.69, 9.17) is 0 Å². The molecule has 0 aliphatic carbocycles.